The lowest BCUT2D eigenvalue weighted by molar-refractivity contribution is -0.138. The van der Waals surface area contributed by atoms with Crippen LogP contribution in [0.4, 0.5) is 32.0 Å². The van der Waals surface area contributed by atoms with E-state index in [1.165, 1.54) is 36.4 Å². The van der Waals surface area contributed by atoms with Crippen LogP contribution in [0.3, 0.4) is 0 Å². The molecule has 0 aliphatic carbocycles. The lowest BCUT2D eigenvalue weighted by atomic mass is 10.0. The first-order valence-corrected chi connectivity index (χ1v) is 7.67. The highest BCUT2D eigenvalue weighted by Crippen LogP contribution is 2.34. The molecule has 2 nitrogen and oxygen atoms in total. The fraction of sp³-hybridized carbons (Fsp3) is 0.105. The van der Waals surface area contributed by atoms with Crippen LogP contribution in [-0.4, -0.2) is 4.98 Å². The molecule has 2 aromatic carbocycles. The lowest BCUT2D eigenvalue weighted by Crippen LogP contribution is -2.05. The van der Waals surface area contributed by atoms with Crippen molar-refractivity contribution in [3.8, 4) is 22.5 Å². The second-order valence-electron chi connectivity index (χ2n) is 5.83. The first-order chi connectivity index (χ1) is 12.5. The number of hydrogen-bond donors (Lipinski definition) is 1. The number of pyridine rings is 1. The largest absolute Gasteiger partial charge is 0.416 e. The zero-order valence-corrected chi connectivity index (χ0v) is 13.6. The maximum atomic E-state index is 12.9. The molecule has 27 heavy (non-hydrogen) atoms. The molecule has 0 spiro atoms. The molecule has 0 aliphatic rings. The van der Waals surface area contributed by atoms with Gasteiger partial charge in [0.25, 0.3) is 0 Å². The van der Waals surface area contributed by atoms with Crippen molar-refractivity contribution in [1.82, 2.24) is 4.98 Å². The Hall–Kier alpha value is -3.03. The van der Waals surface area contributed by atoms with Crippen LogP contribution in [0.5, 0.6) is 0 Å². The Balaban J connectivity index is 2.09. The molecule has 2 N–H and O–H groups in total. The third-order valence-corrected chi connectivity index (χ3v) is 3.82. The number of nitrogens with two attached hydrogens (primary N) is 1. The molecule has 140 valence electrons. The SMILES string of the molecule is Nc1cc(-c2cccc(C(F)(F)F)c2)nc(-c2cccc(C(F)(F)F)c2)c1. The number of nitrogens with zero attached hydrogens (tertiary/aromatic N) is 1. The Labute approximate surface area is 150 Å². The van der Waals surface area contributed by atoms with E-state index < -0.39 is 23.5 Å². The summed E-state index contributed by atoms with van der Waals surface area (Å²) in [5, 5.41) is 0. The van der Waals surface area contributed by atoms with Gasteiger partial charge in [-0.1, -0.05) is 24.3 Å². The smallest absolute Gasteiger partial charge is 0.399 e. The summed E-state index contributed by atoms with van der Waals surface area (Å²) in [4.78, 5) is 4.21. The molecule has 0 aliphatic heterocycles. The third kappa shape index (κ3) is 4.21. The van der Waals surface area contributed by atoms with Crippen LogP contribution in [0.15, 0.2) is 60.7 Å². The van der Waals surface area contributed by atoms with Gasteiger partial charge in [0.1, 0.15) is 0 Å². The first kappa shape index (κ1) is 18.8. The number of hydrogen-bond acceptors (Lipinski definition) is 2. The Kier molecular flexibility index (Phi) is 4.59. The quantitative estimate of drug-likeness (QED) is 0.549. The van der Waals surface area contributed by atoms with Gasteiger partial charge in [-0.15, -0.1) is 0 Å². The van der Waals surface area contributed by atoms with Crippen molar-refractivity contribution >= 4 is 5.69 Å². The summed E-state index contributed by atoms with van der Waals surface area (Å²) in [6.07, 6.45) is -9.06. The number of rotatable bonds is 2. The zero-order valence-electron chi connectivity index (χ0n) is 13.6. The van der Waals surface area contributed by atoms with Crippen molar-refractivity contribution in [3.05, 3.63) is 71.8 Å². The van der Waals surface area contributed by atoms with Crippen molar-refractivity contribution in [3.63, 3.8) is 0 Å². The van der Waals surface area contributed by atoms with E-state index >= 15 is 0 Å². The molecule has 0 radical (unpaired) electrons. The predicted octanol–water partition coefficient (Wildman–Crippen LogP) is 6.04. The van der Waals surface area contributed by atoms with Crippen LogP contribution in [0, 0.1) is 0 Å². The van der Waals surface area contributed by atoms with Crippen LogP contribution < -0.4 is 5.73 Å². The number of anilines is 1. The maximum absolute atomic E-state index is 12.9. The number of aromatic nitrogens is 1. The predicted molar refractivity (Wildman–Crippen MR) is 89.5 cm³/mol. The van der Waals surface area contributed by atoms with Gasteiger partial charge in [-0.3, -0.25) is 0 Å². The van der Waals surface area contributed by atoms with Gasteiger partial charge in [-0.05, 0) is 36.4 Å². The normalized spacial score (nSPS) is 12.2. The average Bonchev–Trinajstić information content (AvgIpc) is 2.60. The molecule has 1 heterocycles. The molecule has 3 aromatic rings. The summed E-state index contributed by atoms with van der Waals surface area (Å²) in [5.41, 5.74) is 4.84. The minimum absolute atomic E-state index is 0.133. The number of alkyl halides is 6. The van der Waals surface area contributed by atoms with Crippen LogP contribution in [-0.2, 0) is 12.4 Å². The number of halogens is 6. The van der Waals surface area contributed by atoms with E-state index in [0.29, 0.717) is 0 Å². The lowest BCUT2D eigenvalue weighted by Gasteiger charge is -2.12. The summed E-state index contributed by atoms with van der Waals surface area (Å²) in [6.45, 7) is 0. The number of benzene rings is 2. The molecule has 0 fully saturated rings. The summed E-state index contributed by atoms with van der Waals surface area (Å²) < 4.78 is 77.5. The molecule has 0 amide bonds. The summed E-state index contributed by atoms with van der Waals surface area (Å²) in [6, 6.07) is 11.7. The zero-order chi connectivity index (χ0) is 19.8. The van der Waals surface area contributed by atoms with Crippen LogP contribution >= 0.6 is 0 Å². The Bertz CT molecular complexity index is 901. The van der Waals surface area contributed by atoms with E-state index in [-0.39, 0.29) is 28.2 Å². The first-order valence-electron chi connectivity index (χ1n) is 7.67. The minimum Gasteiger partial charge on any atom is -0.399 e. The van der Waals surface area contributed by atoms with Gasteiger partial charge < -0.3 is 5.73 Å². The van der Waals surface area contributed by atoms with Crippen molar-refractivity contribution < 1.29 is 26.3 Å². The minimum atomic E-state index is -4.53. The summed E-state index contributed by atoms with van der Waals surface area (Å²) in [7, 11) is 0. The Morgan fingerprint density at radius 1 is 0.630 bits per heavy atom. The standard InChI is InChI=1S/C19H12F6N2/c20-18(21,22)13-5-1-3-11(7-13)16-9-15(26)10-17(27-16)12-4-2-6-14(8-12)19(23,24)25/h1-10H,(H2,26,27). The maximum Gasteiger partial charge on any atom is 0.416 e. The van der Waals surface area contributed by atoms with Crippen molar-refractivity contribution in [1.29, 1.82) is 0 Å². The van der Waals surface area contributed by atoms with Gasteiger partial charge in [0.15, 0.2) is 0 Å². The van der Waals surface area contributed by atoms with Gasteiger partial charge in [0.2, 0.25) is 0 Å². The fourth-order valence-electron chi connectivity index (χ4n) is 2.56. The van der Waals surface area contributed by atoms with Crippen molar-refractivity contribution in [2.75, 3.05) is 5.73 Å². The van der Waals surface area contributed by atoms with E-state index in [1.807, 2.05) is 0 Å². The van der Waals surface area contributed by atoms with Gasteiger partial charge in [-0.2, -0.15) is 26.3 Å². The molecular formula is C19H12F6N2. The molecule has 0 unspecified atom stereocenters. The van der Waals surface area contributed by atoms with Crippen LogP contribution in [0.1, 0.15) is 11.1 Å². The molecule has 3 rings (SSSR count). The van der Waals surface area contributed by atoms with E-state index in [2.05, 4.69) is 4.98 Å². The van der Waals surface area contributed by atoms with E-state index in [0.717, 1.165) is 24.3 Å². The highest BCUT2D eigenvalue weighted by atomic mass is 19.4. The summed E-state index contributed by atoms with van der Waals surface area (Å²) in [5.74, 6) is 0. The Morgan fingerprint density at radius 2 is 1.04 bits per heavy atom. The Morgan fingerprint density at radius 3 is 1.41 bits per heavy atom. The molecule has 8 heteroatoms. The molecular weight excluding hydrogens is 370 g/mol. The van der Waals surface area contributed by atoms with Crippen molar-refractivity contribution in [2.24, 2.45) is 0 Å². The second-order valence-corrected chi connectivity index (χ2v) is 5.83. The molecule has 1 aromatic heterocycles. The van der Waals surface area contributed by atoms with Gasteiger partial charge >= 0.3 is 12.4 Å². The van der Waals surface area contributed by atoms with E-state index in [9.17, 15) is 26.3 Å². The van der Waals surface area contributed by atoms with Gasteiger partial charge in [0, 0.05) is 16.8 Å². The molecule has 0 bridgehead atoms. The van der Waals surface area contributed by atoms with E-state index in [1.54, 1.807) is 0 Å². The molecule has 0 saturated carbocycles. The third-order valence-electron chi connectivity index (χ3n) is 3.82. The monoisotopic (exact) mass is 382 g/mol. The van der Waals surface area contributed by atoms with Gasteiger partial charge in [0.05, 0.1) is 22.5 Å². The fourth-order valence-corrected chi connectivity index (χ4v) is 2.56. The molecule has 0 atom stereocenters. The van der Waals surface area contributed by atoms with Crippen LogP contribution in [0.25, 0.3) is 22.5 Å². The highest BCUT2D eigenvalue weighted by molar-refractivity contribution is 5.71. The van der Waals surface area contributed by atoms with Crippen LogP contribution in [0.2, 0.25) is 0 Å². The highest BCUT2D eigenvalue weighted by Gasteiger charge is 2.31. The molecule has 0 saturated heterocycles. The second kappa shape index (κ2) is 6.61. The average molecular weight is 382 g/mol. The summed E-state index contributed by atoms with van der Waals surface area (Å²) >= 11 is 0. The number of nitrogen functional groups attached to an aromatic ring is 1. The van der Waals surface area contributed by atoms with Gasteiger partial charge in [-0.25, -0.2) is 4.98 Å². The topological polar surface area (TPSA) is 38.9 Å². The van der Waals surface area contributed by atoms with E-state index in [4.69, 9.17) is 5.73 Å². The van der Waals surface area contributed by atoms with Crippen molar-refractivity contribution in [2.45, 2.75) is 12.4 Å².